The van der Waals surface area contributed by atoms with Crippen molar-refractivity contribution in [3.8, 4) is 0 Å². The Morgan fingerprint density at radius 2 is 1.62 bits per heavy atom. The summed E-state index contributed by atoms with van der Waals surface area (Å²) in [6.07, 6.45) is 5.33. The number of esters is 1. The van der Waals surface area contributed by atoms with Crippen molar-refractivity contribution in [2.45, 2.75) is 6.42 Å². The first-order valence-electron chi connectivity index (χ1n) is 11.2. The van der Waals surface area contributed by atoms with Gasteiger partial charge in [-0.15, -0.1) is 0 Å². The van der Waals surface area contributed by atoms with E-state index < -0.39 is 18.4 Å². The Bertz CT molecular complexity index is 1270. The molecule has 7 rings (SSSR count). The summed E-state index contributed by atoms with van der Waals surface area (Å²) in [7, 11) is 0. The fourth-order valence-corrected chi connectivity index (χ4v) is 6.51. The number of hydrogen-bond acceptors (Lipinski definition) is 5. The Labute approximate surface area is 205 Å². The van der Waals surface area contributed by atoms with Gasteiger partial charge in [-0.2, -0.15) is 0 Å². The third kappa shape index (κ3) is 3.23. The van der Waals surface area contributed by atoms with Crippen LogP contribution in [0, 0.1) is 35.5 Å². The maximum Gasteiger partial charge on any atom is 0.338 e. The number of ether oxygens (including phenoxy) is 1. The summed E-state index contributed by atoms with van der Waals surface area (Å²) in [5.41, 5.74) is 0.690. The quantitative estimate of drug-likeness (QED) is 0.262. The zero-order chi connectivity index (χ0) is 23.7. The number of ketones is 1. The number of nitrogens with zero attached hydrogens (tertiary/aromatic N) is 1. The highest BCUT2D eigenvalue weighted by Gasteiger charge is 2.67. The van der Waals surface area contributed by atoms with Crippen LogP contribution in [-0.2, 0) is 14.3 Å². The molecule has 2 aromatic rings. The van der Waals surface area contributed by atoms with E-state index in [9.17, 15) is 19.2 Å². The van der Waals surface area contributed by atoms with Crippen LogP contribution in [0.1, 0.15) is 27.1 Å². The van der Waals surface area contributed by atoms with E-state index >= 15 is 0 Å². The number of hydrogen-bond donors (Lipinski definition) is 0. The van der Waals surface area contributed by atoms with Crippen molar-refractivity contribution in [1.82, 2.24) is 0 Å². The highest BCUT2D eigenvalue weighted by atomic mass is 35.5. The van der Waals surface area contributed by atoms with Crippen LogP contribution in [0.5, 0.6) is 0 Å². The minimum Gasteiger partial charge on any atom is -0.454 e. The Hall–Kier alpha value is -2.96. The van der Waals surface area contributed by atoms with E-state index in [0.29, 0.717) is 22.5 Å². The molecule has 0 radical (unpaired) electrons. The van der Waals surface area contributed by atoms with Gasteiger partial charge < -0.3 is 4.74 Å². The van der Waals surface area contributed by atoms with Gasteiger partial charge in [0.25, 0.3) is 0 Å². The fraction of sp³-hybridized carbons (Fsp3) is 0.308. The molecule has 6 atom stereocenters. The maximum absolute atomic E-state index is 13.3. The van der Waals surface area contributed by atoms with E-state index in [-0.39, 0.29) is 51.6 Å². The van der Waals surface area contributed by atoms with Crippen LogP contribution < -0.4 is 4.90 Å². The summed E-state index contributed by atoms with van der Waals surface area (Å²) in [6, 6.07) is 10.6. The lowest BCUT2D eigenvalue weighted by Gasteiger charge is -2.37. The highest BCUT2D eigenvalue weighted by Crippen LogP contribution is 2.65. The molecule has 172 valence electrons. The molecule has 8 heteroatoms. The number of halogens is 2. The molecule has 5 aliphatic rings. The van der Waals surface area contributed by atoms with Gasteiger partial charge in [0.15, 0.2) is 6.61 Å². The smallest absolute Gasteiger partial charge is 0.338 e. The molecule has 2 amide bonds. The number of allylic oxidation sites excluding steroid dienone is 2. The van der Waals surface area contributed by atoms with Crippen LogP contribution in [0.3, 0.4) is 0 Å². The second-order valence-corrected chi connectivity index (χ2v) is 10.2. The average Bonchev–Trinajstić information content (AvgIpc) is 3.60. The Balaban J connectivity index is 1.19. The highest BCUT2D eigenvalue weighted by molar-refractivity contribution is 6.36. The van der Waals surface area contributed by atoms with Crippen LogP contribution in [0.25, 0.3) is 0 Å². The van der Waals surface area contributed by atoms with Gasteiger partial charge in [0.05, 0.1) is 28.1 Å². The van der Waals surface area contributed by atoms with Gasteiger partial charge in [-0.05, 0) is 66.5 Å². The lowest BCUT2D eigenvalue weighted by atomic mass is 9.63. The van der Waals surface area contributed by atoms with E-state index in [1.54, 1.807) is 12.1 Å². The third-order valence-electron chi connectivity index (χ3n) is 7.57. The van der Waals surface area contributed by atoms with Crippen molar-refractivity contribution < 1.29 is 23.9 Å². The summed E-state index contributed by atoms with van der Waals surface area (Å²) in [6.45, 7) is -0.506. The van der Waals surface area contributed by atoms with E-state index in [4.69, 9.17) is 27.9 Å². The number of anilines is 1. The molecule has 34 heavy (non-hydrogen) atoms. The van der Waals surface area contributed by atoms with Crippen molar-refractivity contribution in [2.75, 3.05) is 11.5 Å². The number of Topliss-reactive ketones (excluding diaryl/α,β-unsaturated/α-hetero) is 1. The average molecular weight is 496 g/mol. The number of imide groups is 1. The van der Waals surface area contributed by atoms with Crippen molar-refractivity contribution >= 4 is 52.5 Å². The SMILES string of the molecule is O=C(OCC(=O)c1ccc(Cl)cc1Cl)c1cccc(N2C(=O)[C@@H]3[C@H]4C=C[C@@H]([C@@H]5C[C@@H]45)[C@H]3C2=O)c1. The molecule has 1 saturated heterocycles. The second-order valence-electron chi connectivity index (χ2n) is 9.34. The largest absolute Gasteiger partial charge is 0.454 e. The van der Waals surface area contributed by atoms with Crippen molar-refractivity contribution in [3.05, 3.63) is 75.8 Å². The summed E-state index contributed by atoms with van der Waals surface area (Å²) >= 11 is 11.9. The summed E-state index contributed by atoms with van der Waals surface area (Å²) in [5.74, 6) is -0.952. The van der Waals surface area contributed by atoms with E-state index in [0.717, 1.165) is 6.42 Å². The van der Waals surface area contributed by atoms with Gasteiger partial charge in [0, 0.05) is 10.6 Å². The first kappa shape index (κ1) is 21.6. The molecule has 2 aromatic carbocycles. The van der Waals surface area contributed by atoms with Crippen molar-refractivity contribution in [1.29, 1.82) is 0 Å². The topological polar surface area (TPSA) is 80.8 Å². The van der Waals surface area contributed by atoms with E-state index in [1.165, 1.54) is 35.2 Å². The standard InChI is InChI=1S/C26H19Cl2NO5/c27-13-4-5-17(20(28)9-13)21(30)11-34-26(33)12-2-1-3-14(8-12)29-24(31)22-15-6-7-16(19-10-18(15)19)23(22)25(29)32/h1-9,15-16,18-19,22-23H,10-11H2/t15-,16-,18-,19-,22+,23+/m0/s1. The third-order valence-corrected chi connectivity index (χ3v) is 8.12. The number of rotatable bonds is 5. The first-order chi connectivity index (χ1) is 16.3. The molecule has 0 aromatic heterocycles. The molecule has 3 fully saturated rings. The first-order valence-corrected chi connectivity index (χ1v) is 11.9. The maximum atomic E-state index is 13.3. The molecule has 0 unspecified atom stereocenters. The molecular formula is C26H19Cl2NO5. The Kier molecular flexibility index (Phi) is 4.94. The number of carbonyl (C=O) groups is 4. The lowest BCUT2D eigenvalue weighted by molar-refractivity contribution is -0.124. The van der Waals surface area contributed by atoms with Crippen molar-refractivity contribution in [3.63, 3.8) is 0 Å². The fourth-order valence-electron chi connectivity index (χ4n) is 5.99. The minimum atomic E-state index is -0.736. The number of carbonyl (C=O) groups excluding carboxylic acids is 4. The van der Waals surface area contributed by atoms with Gasteiger partial charge in [0.1, 0.15) is 0 Å². The van der Waals surface area contributed by atoms with Crippen LogP contribution in [0.4, 0.5) is 5.69 Å². The van der Waals surface area contributed by atoms with Gasteiger partial charge in [-0.1, -0.05) is 41.4 Å². The van der Waals surface area contributed by atoms with Gasteiger partial charge >= 0.3 is 5.97 Å². The monoisotopic (exact) mass is 495 g/mol. The number of benzene rings is 2. The molecule has 6 nitrogen and oxygen atoms in total. The predicted molar refractivity (Wildman–Crippen MR) is 125 cm³/mol. The van der Waals surface area contributed by atoms with Crippen LogP contribution >= 0.6 is 23.2 Å². The van der Waals surface area contributed by atoms with E-state index in [2.05, 4.69) is 12.2 Å². The molecule has 0 spiro atoms. The molecular weight excluding hydrogens is 477 g/mol. The second kappa shape index (κ2) is 7.79. The van der Waals surface area contributed by atoms with Crippen LogP contribution in [0.15, 0.2) is 54.6 Å². The van der Waals surface area contributed by atoms with Crippen molar-refractivity contribution in [2.24, 2.45) is 35.5 Å². The molecule has 4 aliphatic carbocycles. The molecule has 1 heterocycles. The molecule has 0 N–H and O–H groups in total. The zero-order valence-corrected chi connectivity index (χ0v) is 19.3. The normalized spacial score (nSPS) is 30.2. The molecule has 2 saturated carbocycles. The lowest BCUT2D eigenvalue weighted by Crippen LogP contribution is -2.40. The summed E-state index contributed by atoms with van der Waals surface area (Å²) in [5, 5.41) is 0.561. The van der Waals surface area contributed by atoms with Gasteiger partial charge in [-0.25, -0.2) is 9.69 Å². The summed E-state index contributed by atoms with van der Waals surface area (Å²) < 4.78 is 5.18. The van der Waals surface area contributed by atoms with Crippen LogP contribution in [-0.4, -0.2) is 30.2 Å². The molecule has 2 bridgehead atoms. The number of amides is 2. The van der Waals surface area contributed by atoms with E-state index in [1.807, 2.05) is 0 Å². The Morgan fingerprint density at radius 1 is 0.941 bits per heavy atom. The van der Waals surface area contributed by atoms with Gasteiger partial charge in [0.2, 0.25) is 17.6 Å². The van der Waals surface area contributed by atoms with Gasteiger partial charge in [-0.3, -0.25) is 14.4 Å². The molecule has 1 aliphatic heterocycles. The minimum absolute atomic E-state index is 0.125. The zero-order valence-electron chi connectivity index (χ0n) is 17.8. The Morgan fingerprint density at radius 3 is 2.26 bits per heavy atom. The summed E-state index contributed by atoms with van der Waals surface area (Å²) in [4.78, 5) is 52.9. The predicted octanol–water partition coefficient (Wildman–Crippen LogP) is 4.59. The van der Waals surface area contributed by atoms with Crippen LogP contribution in [0.2, 0.25) is 10.0 Å².